The van der Waals surface area contributed by atoms with Crippen LogP contribution in [0, 0.1) is 21.7 Å². The summed E-state index contributed by atoms with van der Waals surface area (Å²) < 4.78 is 2.59. The van der Waals surface area contributed by atoms with Crippen LogP contribution in [0.15, 0.2) is 118 Å². The summed E-state index contributed by atoms with van der Waals surface area (Å²) in [7, 11) is 0. The van der Waals surface area contributed by atoms with Gasteiger partial charge in [0.15, 0.2) is 0 Å². The van der Waals surface area contributed by atoms with E-state index >= 15 is 0 Å². The van der Waals surface area contributed by atoms with Crippen LogP contribution in [0.5, 0.6) is 0 Å². The molecule has 4 heteroatoms. The third-order valence-electron chi connectivity index (χ3n) is 9.61. The van der Waals surface area contributed by atoms with Crippen LogP contribution in [-0.2, 0) is 4.79 Å². The number of hydrogen-bond donors (Lipinski definition) is 0. The van der Waals surface area contributed by atoms with Crippen LogP contribution in [0.1, 0.15) is 110 Å². The van der Waals surface area contributed by atoms with Crippen LogP contribution < -0.4 is 0 Å². The van der Waals surface area contributed by atoms with E-state index in [9.17, 15) is 4.79 Å². The second-order valence-electron chi connectivity index (χ2n) is 17.8. The zero-order valence-corrected chi connectivity index (χ0v) is 35.1. The van der Waals surface area contributed by atoms with E-state index in [0.717, 1.165) is 44.9 Å². The van der Waals surface area contributed by atoms with Crippen LogP contribution in [-0.4, -0.2) is 20.3 Å². The van der Waals surface area contributed by atoms with Crippen LogP contribution in [0.3, 0.4) is 0 Å². The molecule has 3 aromatic rings. The van der Waals surface area contributed by atoms with Crippen molar-refractivity contribution in [3.63, 3.8) is 0 Å². The van der Waals surface area contributed by atoms with Crippen molar-refractivity contribution in [2.24, 2.45) is 21.7 Å². The Hall–Kier alpha value is -2.87. The number of halogens is 2. The van der Waals surface area contributed by atoms with Gasteiger partial charge in [-0.15, -0.1) is 0 Å². The Labute approximate surface area is 317 Å². The summed E-state index contributed by atoms with van der Waals surface area (Å²) in [4.78, 5) is 14.0. The predicted molar refractivity (Wildman–Crippen MR) is 218 cm³/mol. The summed E-state index contributed by atoms with van der Waals surface area (Å²) >= 11 is 12.8. The van der Waals surface area contributed by atoms with Crippen molar-refractivity contribution in [2.75, 3.05) is 0 Å². The quantitative estimate of drug-likeness (QED) is 0.242. The van der Waals surface area contributed by atoms with Gasteiger partial charge in [0.05, 0.1) is 0 Å². The fourth-order valence-electron chi connectivity index (χ4n) is 6.46. The van der Waals surface area contributed by atoms with Crippen molar-refractivity contribution in [3.05, 3.63) is 148 Å². The van der Waals surface area contributed by atoms with Crippen molar-refractivity contribution in [2.45, 2.75) is 89.5 Å². The van der Waals surface area contributed by atoms with Gasteiger partial charge in [-0.3, -0.25) is 0 Å². The molecule has 5 rings (SSSR count). The third kappa shape index (κ3) is 8.43. The zero-order valence-electron chi connectivity index (χ0n) is 31.9. The van der Waals surface area contributed by atoms with Gasteiger partial charge in [0, 0.05) is 0 Å². The Morgan fingerprint density at radius 2 is 0.840 bits per heavy atom. The van der Waals surface area contributed by atoms with E-state index in [2.05, 4.69) is 144 Å². The summed E-state index contributed by atoms with van der Waals surface area (Å²) in [5, 5.41) is 1.43. The summed E-state index contributed by atoms with van der Waals surface area (Å²) in [6, 6.07) is 21.1. The normalized spacial score (nSPS) is 16.2. The Morgan fingerprint density at radius 1 is 0.500 bits per heavy atom. The van der Waals surface area contributed by atoms with Crippen LogP contribution in [0.2, 0.25) is 10.0 Å². The van der Waals surface area contributed by atoms with Gasteiger partial charge in [-0.25, -0.2) is 0 Å². The van der Waals surface area contributed by atoms with Gasteiger partial charge >= 0.3 is 319 Å². The number of rotatable bonds is 4. The molecule has 0 radical (unpaired) electrons. The number of carbonyl (C=O) groups excluding carboxylic acids is 1. The maximum absolute atomic E-state index is 14.0. The standard InChI is InChI=1S/C46H52Cl2OSe/c1-43(2,3)32-23-30(24-33(27-32)44(4,5)6)40(28-13-17-34(47)18-14-28)38-21-22-39(50-38)41(29-15-19-35(48)20-16-29)31-25-36(45(7,8)9)42(49)37(26-31)46(10,11)12/h13-26H,27H2,1-12H3. The molecule has 1 aromatic heterocycles. The Morgan fingerprint density at radius 3 is 1.16 bits per heavy atom. The average molecular weight is 771 g/mol. The van der Waals surface area contributed by atoms with Crippen molar-refractivity contribution >= 4 is 54.6 Å². The van der Waals surface area contributed by atoms with Gasteiger partial charge in [0.1, 0.15) is 0 Å². The Bertz CT molecular complexity index is 1920. The van der Waals surface area contributed by atoms with Gasteiger partial charge in [-0.2, -0.15) is 0 Å². The molecule has 0 unspecified atom stereocenters. The molecular formula is C46H52Cl2OSe. The van der Waals surface area contributed by atoms with Gasteiger partial charge in [-0.05, 0) is 0 Å². The van der Waals surface area contributed by atoms with E-state index in [1.807, 2.05) is 24.3 Å². The minimum atomic E-state index is -0.307. The first-order valence-electron chi connectivity index (χ1n) is 17.6. The number of ketones is 1. The van der Waals surface area contributed by atoms with E-state index in [0.29, 0.717) is 5.02 Å². The van der Waals surface area contributed by atoms with Crippen LogP contribution in [0.4, 0.5) is 0 Å². The molecule has 2 aliphatic carbocycles. The number of Topliss-reactive ketones (excluding diaryl/α,β-unsaturated/α-hetero) is 1. The predicted octanol–water partition coefficient (Wildman–Crippen LogP) is 13.5. The van der Waals surface area contributed by atoms with Crippen molar-refractivity contribution in [3.8, 4) is 0 Å². The van der Waals surface area contributed by atoms with Gasteiger partial charge in [0.25, 0.3) is 0 Å². The molecule has 2 aliphatic rings. The topological polar surface area (TPSA) is 17.1 Å². The molecule has 1 heterocycles. The molecule has 50 heavy (non-hydrogen) atoms. The summed E-state index contributed by atoms with van der Waals surface area (Å²) in [5.74, 6) is 0.142. The summed E-state index contributed by atoms with van der Waals surface area (Å²) in [6.45, 7) is 26.7. The number of hydrogen-bond acceptors (Lipinski definition) is 1. The minimum absolute atomic E-state index is 0.0402. The molecule has 0 aliphatic heterocycles. The molecule has 0 fully saturated rings. The molecule has 0 saturated heterocycles. The van der Waals surface area contributed by atoms with E-state index in [1.165, 1.54) is 31.2 Å². The molecule has 2 aromatic carbocycles. The SMILES string of the molecule is CC(C)(C)C1=CC(=C(c2ccc(Cl)cc2)c2ccc(C(=C3C=C(C(C)(C)C)C(=O)C(C(C)(C)C)=C3)c3ccc(Cl)cc3)[se]2)C=C(C(C)(C)C)C1. The van der Waals surface area contributed by atoms with Crippen LogP contribution in [0.25, 0.3) is 11.1 Å². The third-order valence-corrected chi connectivity index (χ3v) is 12.5. The first-order valence-corrected chi connectivity index (χ1v) is 20.0. The first kappa shape index (κ1) is 38.4. The second kappa shape index (κ2) is 13.9. The molecule has 1 nitrogen and oxygen atoms in total. The van der Waals surface area contributed by atoms with Gasteiger partial charge < -0.3 is 0 Å². The molecule has 0 atom stereocenters. The fourth-order valence-corrected chi connectivity index (χ4v) is 9.20. The Kier molecular flexibility index (Phi) is 10.7. The molecule has 0 spiro atoms. The van der Waals surface area contributed by atoms with E-state index in [1.54, 1.807) is 0 Å². The van der Waals surface area contributed by atoms with Crippen molar-refractivity contribution in [1.29, 1.82) is 0 Å². The number of benzene rings is 2. The number of allylic oxidation sites excluding steroid dienone is 10. The van der Waals surface area contributed by atoms with Crippen LogP contribution >= 0.6 is 23.2 Å². The number of carbonyl (C=O) groups is 1. The molecule has 0 N–H and O–H groups in total. The molecule has 262 valence electrons. The van der Waals surface area contributed by atoms with E-state index in [4.69, 9.17) is 23.2 Å². The van der Waals surface area contributed by atoms with E-state index in [-0.39, 0.29) is 41.9 Å². The van der Waals surface area contributed by atoms with Crippen molar-refractivity contribution < 1.29 is 4.79 Å². The van der Waals surface area contributed by atoms with Gasteiger partial charge in [0.2, 0.25) is 0 Å². The van der Waals surface area contributed by atoms with E-state index < -0.39 is 0 Å². The first-order chi connectivity index (χ1) is 23.0. The molecular weight excluding hydrogens is 718 g/mol. The fraction of sp³-hybridized carbons (Fsp3) is 0.370. The molecule has 0 amide bonds. The zero-order chi connectivity index (χ0) is 37.0. The van der Waals surface area contributed by atoms with Gasteiger partial charge in [-0.1, -0.05) is 0 Å². The Balaban J connectivity index is 1.85. The monoisotopic (exact) mass is 770 g/mol. The van der Waals surface area contributed by atoms with Crippen molar-refractivity contribution in [1.82, 2.24) is 0 Å². The molecule has 0 bridgehead atoms. The maximum atomic E-state index is 14.0. The summed E-state index contributed by atoms with van der Waals surface area (Å²) in [5.41, 5.74) is 11.0. The average Bonchev–Trinajstić information content (AvgIpc) is 3.47. The second-order valence-corrected chi connectivity index (χ2v) is 20.9. The molecule has 0 saturated carbocycles. The summed E-state index contributed by atoms with van der Waals surface area (Å²) in [6.07, 6.45) is 10.2.